The molecule has 2 aromatic rings. The van der Waals surface area contributed by atoms with Gasteiger partial charge in [-0.1, -0.05) is 55.1 Å². The quantitative estimate of drug-likeness (QED) is 0.166. The minimum Gasteiger partial charge on any atom is -0.497 e. The molecule has 0 radical (unpaired) electrons. The van der Waals surface area contributed by atoms with Crippen LogP contribution in [0.5, 0.6) is 5.75 Å². The molecule has 0 heterocycles. The molecule has 1 amide bonds. The van der Waals surface area contributed by atoms with E-state index in [1.165, 1.54) is 12.8 Å². The Morgan fingerprint density at radius 1 is 1.00 bits per heavy atom. The van der Waals surface area contributed by atoms with Gasteiger partial charge in [-0.15, -0.1) is 0 Å². The number of nitrogens with one attached hydrogen (secondary N) is 3. The molecule has 0 fully saturated rings. The Labute approximate surface area is 288 Å². The van der Waals surface area contributed by atoms with Crippen molar-refractivity contribution < 1.29 is 23.9 Å². The van der Waals surface area contributed by atoms with Crippen LogP contribution in [-0.2, 0) is 32.3 Å². The summed E-state index contributed by atoms with van der Waals surface area (Å²) in [5.74, 6) is 0.847. The smallest absolute Gasteiger partial charge is 0.249 e. The van der Waals surface area contributed by atoms with E-state index in [1.54, 1.807) is 14.0 Å². The van der Waals surface area contributed by atoms with Gasteiger partial charge < -0.3 is 25.0 Å². The van der Waals surface area contributed by atoms with E-state index in [9.17, 15) is 9.59 Å². The molecule has 9 heteroatoms. The summed E-state index contributed by atoms with van der Waals surface area (Å²) in [6.07, 6.45) is 8.55. The topological polar surface area (TPSA) is 101 Å². The maximum atomic E-state index is 13.4. The number of hydroxylamine groups is 1. The van der Waals surface area contributed by atoms with E-state index in [0.29, 0.717) is 24.5 Å². The van der Waals surface area contributed by atoms with Crippen LogP contribution in [0.3, 0.4) is 0 Å². The molecule has 0 saturated heterocycles. The second-order valence-corrected chi connectivity index (χ2v) is 13.7. The Bertz CT molecular complexity index is 1380. The molecule has 9 nitrogen and oxygen atoms in total. The van der Waals surface area contributed by atoms with Crippen molar-refractivity contribution in [2.24, 2.45) is 0 Å². The number of benzene rings is 2. The van der Waals surface area contributed by atoms with Crippen molar-refractivity contribution >= 4 is 11.7 Å². The molecule has 48 heavy (non-hydrogen) atoms. The van der Waals surface area contributed by atoms with E-state index in [4.69, 9.17) is 14.3 Å². The van der Waals surface area contributed by atoms with Crippen LogP contribution in [0.15, 0.2) is 90.4 Å². The molecule has 0 spiro atoms. The van der Waals surface area contributed by atoms with Crippen LogP contribution in [0, 0.1) is 0 Å². The number of carbonyl (C=O) groups excluding carboxylic acids is 2. The van der Waals surface area contributed by atoms with Crippen molar-refractivity contribution in [3.63, 3.8) is 0 Å². The van der Waals surface area contributed by atoms with Crippen molar-refractivity contribution in [3.8, 4) is 5.75 Å². The molecule has 264 valence electrons. The van der Waals surface area contributed by atoms with Gasteiger partial charge in [0.2, 0.25) is 5.91 Å². The van der Waals surface area contributed by atoms with Crippen LogP contribution in [0.4, 0.5) is 0 Å². The van der Waals surface area contributed by atoms with Crippen molar-refractivity contribution in [1.82, 2.24) is 21.0 Å². The fourth-order valence-corrected chi connectivity index (χ4v) is 4.69. The van der Waals surface area contributed by atoms with E-state index in [1.807, 2.05) is 114 Å². The van der Waals surface area contributed by atoms with Gasteiger partial charge in [0, 0.05) is 31.2 Å². The third kappa shape index (κ3) is 15.8. The number of methoxy groups -OCH3 is 1. The van der Waals surface area contributed by atoms with Crippen LogP contribution >= 0.6 is 0 Å². The molecule has 0 aliphatic heterocycles. The minimum absolute atomic E-state index is 0.156. The van der Waals surface area contributed by atoms with Gasteiger partial charge >= 0.3 is 0 Å². The summed E-state index contributed by atoms with van der Waals surface area (Å²) in [4.78, 5) is 31.9. The van der Waals surface area contributed by atoms with Gasteiger partial charge in [-0.2, -0.15) is 5.48 Å². The number of allylic oxidation sites excluding steroid dienone is 3. The van der Waals surface area contributed by atoms with Gasteiger partial charge in [-0.05, 0) is 103 Å². The first kappa shape index (κ1) is 40.3. The lowest BCUT2D eigenvalue weighted by Crippen LogP contribution is -2.53. The number of amides is 1. The summed E-state index contributed by atoms with van der Waals surface area (Å²) < 4.78 is 11.3. The molecule has 2 aromatic carbocycles. The zero-order valence-electron chi connectivity index (χ0n) is 30.6. The number of Topliss-reactive ketones (excluding diaryl/α,β-unsaturated/α-hetero) is 1. The normalized spacial score (nSPS) is 14.1. The summed E-state index contributed by atoms with van der Waals surface area (Å²) in [5, 5.41) is 6.26. The maximum absolute atomic E-state index is 13.4. The van der Waals surface area contributed by atoms with E-state index < -0.39 is 11.6 Å². The Morgan fingerprint density at radius 2 is 1.69 bits per heavy atom. The summed E-state index contributed by atoms with van der Waals surface area (Å²) in [6.45, 7) is 18.7. The van der Waals surface area contributed by atoms with Gasteiger partial charge in [-0.3, -0.25) is 14.4 Å². The minimum atomic E-state index is -0.677. The summed E-state index contributed by atoms with van der Waals surface area (Å²) in [6, 6.07) is 17.1. The Morgan fingerprint density at radius 3 is 2.27 bits per heavy atom. The molecule has 3 rings (SSSR count). The summed E-state index contributed by atoms with van der Waals surface area (Å²) in [5.41, 5.74) is 6.52. The first-order valence-electron chi connectivity index (χ1n) is 16.6. The highest BCUT2D eigenvalue weighted by Gasteiger charge is 2.29. The second kappa shape index (κ2) is 19.8. The van der Waals surface area contributed by atoms with Gasteiger partial charge in [0.05, 0.1) is 31.5 Å². The van der Waals surface area contributed by atoms with E-state index in [2.05, 4.69) is 28.8 Å². The van der Waals surface area contributed by atoms with Gasteiger partial charge in [0.1, 0.15) is 11.8 Å². The lowest BCUT2D eigenvalue weighted by Gasteiger charge is -2.34. The Balaban J connectivity index is 0.000000764. The standard InChI is InChI=1S/C31H46N4O4.C8H12O/c1-23(19-35(8)20-26-16-13-17-27(18-26)37-9)32-29(36)28(22-38-21-25-14-11-10-12-15-25)33-24(2)31(6,7)34-39-30(3,4)5;1-7(9)8-5-3-2-4-6-8/h10-19,28,33-34H,2,20-22H2,1,3-9H3,(H,32,36);5H,2-4,6H2,1H3/b23-19+;. The average molecular weight is 663 g/mol. The Kier molecular flexibility index (Phi) is 16.6. The number of carbonyl (C=O) groups is 2. The highest BCUT2D eigenvalue weighted by molar-refractivity contribution is 5.93. The van der Waals surface area contributed by atoms with Crippen LogP contribution in [-0.4, -0.2) is 54.5 Å². The van der Waals surface area contributed by atoms with Crippen molar-refractivity contribution in [1.29, 1.82) is 0 Å². The van der Waals surface area contributed by atoms with Crippen LogP contribution < -0.4 is 20.9 Å². The molecular weight excluding hydrogens is 604 g/mol. The third-order valence-corrected chi connectivity index (χ3v) is 7.47. The fraction of sp³-hybridized carbons (Fsp3) is 0.487. The molecule has 0 saturated carbocycles. The summed E-state index contributed by atoms with van der Waals surface area (Å²) >= 11 is 0. The molecular formula is C39H58N4O5. The highest BCUT2D eigenvalue weighted by atomic mass is 16.7. The van der Waals surface area contributed by atoms with E-state index in [-0.39, 0.29) is 23.9 Å². The average Bonchev–Trinajstić information content (AvgIpc) is 3.04. The molecule has 1 aliphatic rings. The lowest BCUT2D eigenvalue weighted by atomic mass is 9.97. The van der Waals surface area contributed by atoms with Crippen LogP contribution in [0.2, 0.25) is 0 Å². The molecule has 1 aliphatic carbocycles. The predicted octanol–water partition coefficient (Wildman–Crippen LogP) is 6.97. The maximum Gasteiger partial charge on any atom is 0.249 e. The predicted molar refractivity (Wildman–Crippen MR) is 194 cm³/mol. The van der Waals surface area contributed by atoms with Crippen molar-refractivity contribution in [2.75, 3.05) is 20.8 Å². The molecule has 1 unspecified atom stereocenters. The van der Waals surface area contributed by atoms with Crippen molar-refractivity contribution in [3.05, 3.63) is 102 Å². The number of hydrogen-bond donors (Lipinski definition) is 3. The number of rotatable bonds is 16. The first-order chi connectivity index (χ1) is 22.6. The molecule has 0 aromatic heterocycles. The highest BCUT2D eigenvalue weighted by Crippen LogP contribution is 2.18. The fourth-order valence-electron chi connectivity index (χ4n) is 4.69. The molecule has 3 N–H and O–H groups in total. The SMILES string of the molecule is C=C(NC(COCc1ccccc1)C(=O)N/C(C)=C/N(C)Cc1cccc(OC)c1)C(C)(C)NOC(C)(C)C.CC(=O)C1=CCCCC1. The van der Waals surface area contributed by atoms with Crippen LogP contribution in [0.1, 0.15) is 85.3 Å². The zero-order valence-corrected chi connectivity index (χ0v) is 30.6. The van der Waals surface area contributed by atoms with Crippen molar-refractivity contribution in [2.45, 2.75) is 104 Å². The number of ether oxygens (including phenoxy) is 2. The third-order valence-electron chi connectivity index (χ3n) is 7.47. The van der Waals surface area contributed by atoms with Gasteiger partial charge in [0.25, 0.3) is 0 Å². The Hall–Kier alpha value is -3.92. The van der Waals surface area contributed by atoms with E-state index in [0.717, 1.165) is 35.3 Å². The van der Waals surface area contributed by atoms with E-state index >= 15 is 0 Å². The van der Waals surface area contributed by atoms with Gasteiger partial charge in [0.15, 0.2) is 5.78 Å². The monoisotopic (exact) mass is 662 g/mol. The summed E-state index contributed by atoms with van der Waals surface area (Å²) in [7, 11) is 3.61. The number of hydrogen-bond acceptors (Lipinski definition) is 8. The zero-order chi connectivity index (χ0) is 35.7. The first-order valence-corrected chi connectivity index (χ1v) is 16.6. The molecule has 1 atom stereocenters. The van der Waals surface area contributed by atoms with Gasteiger partial charge in [-0.25, -0.2) is 0 Å². The number of ketones is 1. The second-order valence-electron chi connectivity index (χ2n) is 13.7. The van der Waals surface area contributed by atoms with Crippen LogP contribution in [0.25, 0.3) is 0 Å². The largest absolute Gasteiger partial charge is 0.497 e. The molecule has 0 bridgehead atoms. The lowest BCUT2D eigenvalue weighted by molar-refractivity contribution is -0.124. The number of nitrogens with zero attached hydrogens (tertiary/aromatic N) is 1.